The molecule has 1 unspecified atom stereocenters. The molecule has 1 aromatic rings. The number of hydrogen-bond acceptors (Lipinski definition) is 1. The lowest BCUT2D eigenvalue weighted by atomic mass is 9.48. The minimum absolute atomic E-state index is 0.0655. The zero-order valence-electron chi connectivity index (χ0n) is 24.7. The Bertz CT molecular complexity index is 1040. The second-order valence-electron chi connectivity index (χ2n) is 14.4. The lowest BCUT2D eigenvalue weighted by Gasteiger charge is -2.75. The Balaban J connectivity index is 2.56. The van der Waals surface area contributed by atoms with Crippen molar-refractivity contribution in [3.8, 4) is 0 Å². The molecule has 2 nitrogen and oxygen atoms in total. The summed E-state index contributed by atoms with van der Waals surface area (Å²) in [4.78, 5) is 2.85. The van der Waals surface area contributed by atoms with Crippen LogP contribution in [0.5, 0.6) is 0 Å². The molecule has 34 heavy (non-hydrogen) atoms. The molecular weight excluding hydrogens is 428 g/mol. The van der Waals surface area contributed by atoms with E-state index < -0.39 is 8.07 Å². The monoisotopic (exact) mass is 479 g/mol. The summed E-state index contributed by atoms with van der Waals surface area (Å²) in [6.07, 6.45) is 0. The Kier molecular flexibility index (Phi) is 6.52. The molecule has 0 saturated carbocycles. The third-order valence-corrected chi connectivity index (χ3v) is 9.49. The molecular formula is C31H51N2Si+. The molecule has 0 radical (unpaired) electrons. The highest BCUT2D eigenvalue weighted by Gasteiger charge is 2.74. The van der Waals surface area contributed by atoms with Crippen LogP contribution in [0.4, 0.5) is 0 Å². The van der Waals surface area contributed by atoms with Gasteiger partial charge in [0.2, 0.25) is 5.71 Å². The van der Waals surface area contributed by atoms with Crippen molar-refractivity contribution in [3.63, 3.8) is 0 Å². The van der Waals surface area contributed by atoms with Crippen molar-refractivity contribution in [2.45, 2.75) is 101 Å². The molecule has 2 aliphatic rings. The van der Waals surface area contributed by atoms with Crippen LogP contribution < -0.4 is 0 Å². The summed E-state index contributed by atoms with van der Waals surface area (Å²) in [6, 6.07) is 11.2. The molecule has 2 aliphatic heterocycles. The summed E-state index contributed by atoms with van der Waals surface area (Å²) in [5.41, 5.74) is 7.85. The molecule has 1 aromatic carbocycles. The molecule has 0 aliphatic carbocycles. The third kappa shape index (κ3) is 3.77. The molecule has 2 heterocycles. The maximum absolute atomic E-state index is 2.85. The first-order valence-electron chi connectivity index (χ1n) is 13.4. The maximum Gasteiger partial charge on any atom is 0.214 e. The number of allylic oxidation sites excluding steroid dienone is 1. The van der Waals surface area contributed by atoms with Crippen LogP contribution in [0.3, 0.4) is 0 Å². The molecule has 188 valence electrons. The normalized spacial score (nSPS) is 21.3. The molecule has 0 saturated heterocycles. The summed E-state index contributed by atoms with van der Waals surface area (Å²) < 4.78 is 2.62. The first-order chi connectivity index (χ1) is 15.4. The summed E-state index contributed by atoms with van der Waals surface area (Å²) in [5.74, 6) is 0. The Morgan fingerprint density at radius 3 is 1.68 bits per heavy atom. The van der Waals surface area contributed by atoms with E-state index in [0.29, 0.717) is 0 Å². The molecule has 1 atom stereocenters. The van der Waals surface area contributed by atoms with Crippen molar-refractivity contribution < 1.29 is 4.58 Å². The highest BCUT2D eigenvalue weighted by atomic mass is 28.3. The fraction of sp³-hybridized carbons (Fsp3) is 0.645. The van der Waals surface area contributed by atoms with Crippen LogP contribution in [0.15, 0.2) is 52.5 Å². The molecule has 0 aromatic heterocycles. The number of benzene rings is 1. The van der Waals surface area contributed by atoms with Gasteiger partial charge in [0, 0.05) is 22.0 Å². The van der Waals surface area contributed by atoms with Crippen LogP contribution in [-0.4, -0.2) is 41.9 Å². The standard InChI is InChI=1S/C31H51N2Si/c1-15-32(16-2)24(22-20-18-17-19-21-22)23-27(34(12,13)14)33-26(29(6,7)8)25(28(3,4)5)31(23,33)30(9,10)11/h17-21H,15-16H2,1-14H3/q+1. The second kappa shape index (κ2) is 8.22. The Morgan fingerprint density at radius 2 is 1.32 bits per heavy atom. The predicted molar refractivity (Wildman–Crippen MR) is 152 cm³/mol. The summed E-state index contributed by atoms with van der Waals surface area (Å²) >= 11 is 0. The average molecular weight is 480 g/mol. The van der Waals surface area contributed by atoms with Gasteiger partial charge in [-0.05, 0) is 42.4 Å². The zero-order chi connectivity index (χ0) is 26.1. The van der Waals surface area contributed by atoms with Crippen LogP contribution in [-0.2, 0) is 0 Å². The van der Waals surface area contributed by atoms with Gasteiger partial charge in [0.15, 0.2) is 0 Å². The van der Waals surface area contributed by atoms with E-state index in [1.54, 1.807) is 22.2 Å². The van der Waals surface area contributed by atoms with E-state index in [1.165, 1.54) is 11.3 Å². The van der Waals surface area contributed by atoms with Crippen molar-refractivity contribution >= 4 is 13.8 Å². The van der Waals surface area contributed by atoms with Crippen molar-refractivity contribution in [3.05, 3.63) is 58.1 Å². The van der Waals surface area contributed by atoms with Crippen molar-refractivity contribution in [2.24, 2.45) is 16.2 Å². The molecule has 0 fully saturated rings. The molecule has 0 spiro atoms. The van der Waals surface area contributed by atoms with Gasteiger partial charge in [-0.2, -0.15) is 0 Å². The van der Waals surface area contributed by atoms with Gasteiger partial charge in [-0.1, -0.05) is 100 Å². The van der Waals surface area contributed by atoms with E-state index in [0.717, 1.165) is 13.1 Å². The fourth-order valence-corrected chi connectivity index (χ4v) is 8.56. The van der Waals surface area contributed by atoms with Crippen LogP contribution in [0.25, 0.3) is 0 Å². The highest BCUT2D eigenvalue weighted by Crippen LogP contribution is 2.71. The van der Waals surface area contributed by atoms with Gasteiger partial charge in [-0.3, -0.25) is 0 Å². The molecule has 3 rings (SSSR count). The minimum Gasteiger partial charge on any atom is -0.337 e. The Labute approximate surface area is 211 Å². The quantitative estimate of drug-likeness (QED) is 0.235. The number of nitrogens with zero attached hydrogens (tertiary/aromatic N) is 2. The van der Waals surface area contributed by atoms with Gasteiger partial charge < -0.3 is 4.90 Å². The average Bonchev–Trinajstić information content (AvgIpc) is 2.63. The largest absolute Gasteiger partial charge is 0.337 e. The summed E-state index contributed by atoms with van der Waals surface area (Å²) in [6.45, 7) is 36.2. The fourth-order valence-electron chi connectivity index (χ4n) is 6.56. The van der Waals surface area contributed by atoms with Gasteiger partial charge in [-0.25, -0.2) is 4.58 Å². The van der Waals surface area contributed by atoms with Gasteiger partial charge in [0.1, 0.15) is 18.6 Å². The first-order valence-corrected chi connectivity index (χ1v) is 16.9. The molecule has 0 bridgehead atoms. The maximum atomic E-state index is 2.85. The minimum atomic E-state index is -1.67. The van der Waals surface area contributed by atoms with Gasteiger partial charge in [-0.15, -0.1) is 0 Å². The lowest BCUT2D eigenvalue weighted by Crippen LogP contribution is -2.79. The van der Waals surface area contributed by atoms with Crippen LogP contribution >= 0.6 is 0 Å². The molecule has 0 amide bonds. The van der Waals surface area contributed by atoms with Crippen LogP contribution in [0, 0.1) is 16.2 Å². The summed E-state index contributed by atoms with van der Waals surface area (Å²) in [7, 11) is -1.67. The van der Waals surface area contributed by atoms with Crippen LogP contribution in [0.2, 0.25) is 19.6 Å². The van der Waals surface area contributed by atoms with Crippen LogP contribution in [0.1, 0.15) is 81.7 Å². The third-order valence-electron chi connectivity index (χ3n) is 7.60. The van der Waals surface area contributed by atoms with Gasteiger partial charge in [0.05, 0.1) is 13.6 Å². The van der Waals surface area contributed by atoms with E-state index in [-0.39, 0.29) is 21.8 Å². The SMILES string of the molecule is CC[N+](CC)=C(C1=C([Si](C)(C)C)N2C(C(C)(C)C)=C(C(C)(C)C)C12C(C)(C)C)c1ccccc1. The summed E-state index contributed by atoms with van der Waals surface area (Å²) in [5, 5.41) is 1.64. The van der Waals surface area contributed by atoms with Crippen molar-refractivity contribution in [1.82, 2.24) is 4.90 Å². The number of fused-ring (bicyclic) bond motifs is 1. The molecule has 3 heteroatoms. The molecule has 0 N–H and O–H groups in total. The predicted octanol–water partition coefficient (Wildman–Crippen LogP) is 8.12. The van der Waals surface area contributed by atoms with E-state index in [2.05, 4.69) is 136 Å². The second-order valence-corrected chi connectivity index (χ2v) is 19.4. The van der Waals surface area contributed by atoms with Crippen molar-refractivity contribution in [1.29, 1.82) is 0 Å². The topological polar surface area (TPSA) is 6.25 Å². The Hall–Kier alpha value is -1.61. The van der Waals surface area contributed by atoms with Crippen molar-refractivity contribution in [2.75, 3.05) is 13.1 Å². The smallest absolute Gasteiger partial charge is 0.214 e. The first kappa shape index (κ1) is 27.0. The van der Waals surface area contributed by atoms with E-state index in [1.807, 2.05) is 0 Å². The van der Waals surface area contributed by atoms with Gasteiger partial charge >= 0.3 is 0 Å². The van der Waals surface area contributed by atoms with E-state index in [4.69, 9.17) is 0 Å². The van der Waals surface area contributed by atoms with E-state index in [9.17, 15) is 0 Å². The lowest BCUT2D eigenvalue weighted by molar-refractivity contribution is -0.520. The number of hydrogen-bond donors (Lipinski definition) is 0. The van der Waals surface area contributed by atoms with Gasteiger partial charge in [0.25, 0.3) is 0 Å². The number of rotatable bonds is 5. The zero-order valence-corrected chi connectivity index (χ0v) is 25.7. The highest BCUT2D eigenvalue weighted by molar-refractivity contribution is 6.84. The van der Waals surface area contributed by atoms with E-state index >= 15 is 0 Å². The Morgan fingerprint density at radius 1 is 0.824 bits per heavy atom.